The van der Waals surface area contributed by atoms with Crippen molar-refractivity contribution >= 4 is 35.2 Å². The third-order valence-electron chi connectivity index (χ3n) is 3.06. The highest BCUT2D eigenvalue weighted by Gasteiger charge is 2.34. The standard InChI is InChI=1S/C15H10ClN3O2/c16-12-2-1-3-13(6-12)19-14(20)5-11(15(19)21)4-10-7-17-9-18-8-10/h1-4,6-9H,5H2/b11-4+. The maximum absolute atomic E-state index is 12.4. The van der Waals surface area contributed by atoms with Crippen molar-refractivity contribution in [2.75, 3.05) is 4.90 Å². The van der Waals surface area contributed by atoms with Gasteiger partial charge in [-0.15, -0.1) is 0 Å². The van der Waals surface area contributed by atoms with E-state index in [2.05, 4.69) is 9.97 Å². The van der Waals surface area contributed by atoms with Gasteiger partial charge in [0.1, 0.15) is 6.33 Å². The first kappa shape index (κ1) is 13.5. The first-order valence-corrected chi connectivity index (χ1v) is 6.61. The molecule has 0 aliphatic carbocycles. The van der Waals surface area contributed by atoms with Gasteiger partial charge in [-0.05, 0) is 24.3 Å². The van der Waals surface area contributed by atoms with E-state index >= 15 is 0 Å². The Morgan fingerprint density at radius 3 is 2.67 bits per heavy atom. The molecule has 0 spiro atoms. The van der Waals surface area contributed by atoms with Gasteiger partial charge in [-0.3, -0.25) is 9.59 Å². The van der Waals surface area contributed by atoms with Gasteiger partial charge < -0.3 is 0 Å². The lowest BCUT2D eigenvalue weighted by atomic mass is 10.1. The largest absolute Gasteiger partial charge is 0.274 e. The lowest BCUT2D eigenvalue weighted by Gasteiger charge is -2.13. The van der Waals surface area contributed by atoms with Gasteiger partial charge in [0.2, 0.25) is 5.91 Å². The predicted molar refractivity (Wildman–Crippen MR) is 78.6 cm³/mol. The third-order valence-corrected chi connectivity index (χ3v) is 3.29. The Hall–Kier alpha value is -2.53. The summed E-state index contributed by atoms with van der Waals surface area (Å²) in [6.07, 6.45) is 6.26. The second-order valence-corrected chi connectivity index (χ2v) is 4.97. The molecule has 21 heavy (non-hydrogen) atoms. The molecule has 1 aliphatic rings. The van der Waals surface area contributed by atoms with E-state index in [-0.39, 0.29) is 18.2 Å². The van der Waals surface area contributed by atoms with Crippen LogP contribution in [0.5, 0.6) is 0 Å². The van der Waals surface area contributed by atoms with Crippen LogP contribution in [-0.4, -0.2) is 21.8 Å². The average molecular weight is 300 g/mol. The highest BCUT2D eigenvalue weighted by molar-refractivity contribution is 6.32. The van der Waals surface area contributed by atoms with Crippen LogP contribution in [0.25, 0.3) is 6.08 Å². The minimum atomic E-state index is -0.342. The molecular weight excluding hydrogens is 290 g/mol. The predicted octanol–water partition coefficient (Wildman–Crippen LogP) is 2.48. The Labute approximate surface area is 125 Å². The van der Waals surface area contributed by atoms with E-state index in [0.717, 1.165) is 4.90 Å². The van der Waals surface area contributed by atoms with E-state index < -0.39 is 0 Å². The van der Waals surface area contributed by atoms with Crippen LogP contribution in [-0.2, 0) is 9.59 Å². The number of anilines is 1. The number of amides is 2. The van der Waals surface area contributed by atoms with Crippen molar-refractivity contribution in [2.45, 2.75) is 6.42 Å². The van der Waals surface area contributed by atoms with Crippen LogP contribution in [0.3, 0.4) is 0 Å². The quantitative estimate of drug-likeness (QED) is 0.631. The molecule has 1 fully saturated rings. The molecule has 0 atom stereocenters. The highest BCUT2D eigenvalue weighted by atomic mass is 35.5. The molecule has 2 amide bonds. The molecule has 104 valence electrons. The molecule has 0 N–H and O–H groups in total. The maximum Gasteiger partial charge on any atom is 0.261 e. The minimum Gasteiger partial charge on any atom is -0.274 e. The number of carbonyl (C=O) groups excluding carboxylic acids is 2. The summed E-state index contributed by atoms with van der Waals surface area (Å²) in [5, 5.41) is 0.474. The minimum absolute atomic E-state index is 0.0558. The zero-order valence-electron chi connectivity index (χ0n) is 10.9. The maximum atomic E-state index is 12.4. The van der Waals surface area contributed by atoms with Crippen LogP contribution >= 0.6 is 11.6 Å². The first-order chi connectivity index (χ1) is 10.1. The second kappa shape index (κ2) is 5.46. The molecule has 0 unspecified atom stereocenters. The second-order valence-electron chi connectivity index (χ2n) is 4.53. The Morgan fingerprint density at radius 2 is 1.95 bits per heavy atom. The molecule has 2 aromatic rings. The van der Waals surface area contributed by atoms with Crippen molar-refractivity contribution in [1.82, 2.24) is 9.97 Å². The Bertz CT molecular complexity index is 744. The van der Waals surface area contributed by atoms with Crippen molar-refractivity contribution in [1.29, 1.82) is 0 Å². The molecule has 0 radical (unpaired) electrons. The molecule has 0 bridgehead atoms. The summed E-state index contributed by atoms with van der Waals surface area (Å²) in [6.45, 7) is 0. The van der Waals surface area contributed by atoms with E-state index in [1.165, 1.54) is 6.33 Å². The summed E-state index contributed by atoms with van der Waals surface area (Å²) < 4.78 is 0. The molecule has 1 aromatic carbocycles. The number of halogens is 1. The van der Waals surface area contributed by atoms with Gasteiger partial charge in [0.15, 0.2) is 0 Å². The van der Waals surface area contributed by atoms with E-state index in [1.807, 2.05) is 0 Å². The van der Waals surface area contributed by atoms with Crippen molar-refractivity contribution in [3.63, 3.8) is 0 Å². The molecule has 3 rings (SSSR count). The molecule has 1 aliphatic heterocycles. The zero-order valence-corrected chi connectivity index (χ0v) is 11.6. The van der Waals surface area contributed by atoms with E-state index in [0.29, 0.717) is 21.8 Å². The molecule has 1 saturated heterocycles. The average Bonchev–Trinajstić information content (AvgIpc) is 2.74. The summed E-state index contributed by atoms with van der Waals surface area (Å²) in [6, 6.07) is 6.65. The smallest absolute Gasteiger partial charge is 0.261 e. The topological polar surface area (TPSA) is 63.2 Å². The Kier molecular flexibility index (Phi) is 3.50. The summed E-state index contributed by atoms with van der Waals surface area (Å²) >= 11 is 5.90. The van der Waals surface area contributed by atoms with Crippen molar-refractivity contribution in [2.24, 2.45) is 0 Å². The number of imide groups is 1. The van der Waals surface area contributed by atoms with Gasteiger partial charge >= 0.3 is 0 Å². The monoisotopic (exact) mass is 299 g/mol. The lowest BCUT2D eigenvalue weighted by molar-refractivity contribution is -0.120. The third kappa shape index (κ3) is 2.68. The fourth-order valence-corrected chi connectivity index (χ4v) is 2.33. The zero-order chi connectivity index (χ0) is 14.8. The molecule has 2 heterocycles. The van der Waals surface area contributed by atoms with Crippen LogP contribution in [0, 0.1) is 0 Å². The van der Waals surface area contributed by atoms with Crippen LogP contribution in [0.15, 0.2) is 48.6 Å². The van der Waals surface area contributed by atoms with Gasteiger partial charge in [0.25, 0.3) is 5.91 Å². The van der Waals surface area contributed by atoms with Gasteiger partial charge in [0.05, 0.1) is 12.1 Å². The van der Waals surface area contributed by atoms with Crippen molar-refractivity contribution in [3.8, 4) is 0 Å². The summed E-state index contributed by atoms with van der Waals surface area (Å²) in [4.78, 5) is 33.4. The summed E-state index contributed by atoms with van der Waals surface area (Å²) in [5.74, 6) is -0.614. The van der Waals surface area contributed by atoms with E-state index in [1.54, 1.807) is 42.7 Å². The van der Waals surface area contributed by atoms with Crippen LogP contribution in [0.4, 0.5) is 5.69 Å². The van der Waals surface area contributed by atoms with Gasteiger partial charge in [-0.1, -0.05) is 17.7 Å². The number of hydrogen-bond donors (Lipinski definition) is 0. The molecule has 1 aromatic heterocycles. The van der Waals surface area contributed by atoms with Gasteiger partial charge in [-0.2, -0.15) is 0 Å². The van der Waals surface area contributed by atoms with Crippen molar-refractivity contribution in [3.05, 3.63) is 59.1 Å². The number of carbonyl (C=O) groups is 2. The lowest BCUT2D eigenvalue weighted by Crippen LogP contribution is -2.28. The van der Waals surface area contributed by atoms with Crippen molar-refractivity contribution < 1.29 is 9.59 Å². The SMILES string of the molecule is O=C1C/C(=C\c2cncnc2)C(=O)N1c1cccc(Cl)c1. The number of hydrogen-bond acceptors (Lipinski definition) is 4. The Morgan fingerprint density at radius 1 is 1.19 bits per heavy atom. The van der Waals surface area contributed by atoms with Crippen LogP contribution in [0.2, 0.25) is 5.02 Å². The summed E-state index contributed by atoms with van der Waals surface area (Å²) in [7, 11) is 0. The Balaban J connectivity index is 1.94. The summed E-state index contributed by atoms with van der Waals surface area (Å²) in [5.41, 5.74) is 1.57. The fourth-order valence-electron chi connectivity index (χ4n) is 2.15. The molecular formula is C15H10ClN3O2. The normalized spacial score (nSPS) is 16.8. The van der Waals surface area contributed by atoms with E-state index in [9.17, 15) is 9.59 Å². The van der Waals surface area contributed by atoms with Crippen LogP contribution < -0.4 is 4.90 Å². The van der Waals surface area contributed by atoms with Crippen LogP contribution in [0.1, 0.15) is 12.0 Å². The number of aromatic nitrogens is 2. The molecule has 0 saturated carbocycles. The highest BCUT2D eigenvalue weighted by Crippen LogP contribution is 2.28. The molecule has 5 nitrogen and oxygen atoms in total. The fraction of sp³-hybridized carbons (Fsp3) is 0.0667. The van der Waals surface area contributed by atoms with Gasteiger partial charge in [-0.25, -0.2) is 14.9 Å². The van der Waals surface area contributed by atoms with Gasteiger partial charge in [0, 0.05) is 28.6 Å². The number of benzene rings is 1. The first-order valence-electron chi connectivity index (χ1n) is 6.23. The molecule has 6 heteroatoms. The van der Waals surface area contributed by atoms with E-state index in [4.69, 9.17) is 11.6 Å². The number of nitrogens with zero attached hydrogens (tertiary/aromatic N) is 3. The number of rotatable bonds is 2.